The Kier molecular flexibility index (Phi) is 7.48. The van der Waals surface area contributed by atoms with Gasteiger partial charge in [-0.3, -0.25) is 19.7 Å². The predicted octanol–water partition coefficient (Wildman–Crippen LogP) is 3.91. The van der Waals surface area contributed by atoms with Crippen LogP contribution in [-0.2, 0) is 16.4 Å². The van der Waals surface area contributed by atoms with Crippen LogP contribution in [0, 0.1) is 27.7 Å². The zero-order chi connectivity index (χ0) is 26.9. The molecule has 1 saturated heterocycles. The molecule has 13 heteroatoms. The summed E-state index contributed by atoms with van der Waals surface area (Å²) in [4.78, 5) is 35.5. The molecule has 1 aliphatic heterocycles. The van der Waals surface area contributed by atoms with Crippen molar-refractivity contribution in [2.45, 2.75) is 23.5 Å². The van der Waals surface area contributed by atoms with Crippen LogP contribution in [0.4, 0.5) is 14.5 Å². The summed E-state index contributed by atoms with van der Waals surface area (Å²) in [6.07, 6.45) is 0.436. The number of ketones is 1. The van der Waals surface area contributed by atoms with Gasteiger partial charge in [0.2, 0.25) is 5.91 Å². The molecule has 0 radical (unpaired) electrons. The molecule has 1 amide bonds. The normalized spacial score (nSPS) is 15.0. The Hall–Kier alpha value is -3.55. The molecule has 0 atom stereocenters. The van der Waals surface area contributed by atoms with Crippen LogP contribution in [0.3, 0.4) is 0 Å². The third kappa shape index (κ3) is 5.58. The minimum Gasteiger partial charge on any atom is -0.366 e. The third-order valence-corrected chi connectivity index (χ3v) is 9.63. The number of primary amides is 1. The van der Waals surface area contributed by atoms with Gasteiger partial charge in [-0.15, -0.1) is 11.3 Å². The summed E-state index contributed by atoms with van der Waals surface area (Å²) < 4.78 is 54.8. The molecule has 0 unspecified atom stereocenters. The van der Waals surface area contributed by atoms with Crippen LogP contribution in [0.5, 0.6) is 0 Å². The number of sulfonamides is 1. The van der Waals surface area contributed by atoms with Gasteiger partial charge in [0.15, 0.2) is 5.78 Å². The van der Waals surface area contributed by atoms with Crippen molar-refractivity contribution in [3.63, 3.8) is 0 Å². The first-order chi connectivity index (χ1) is 17.5. The maximum atomic E-state index is 14.0. The number of carbonyl (C=O) groups is 2. The summed E-state index contributed by atoms with van der Waals surface area (Å²) in [5, 5.41) is 11.1. The monoisotopic (exact) mass is 549 g/mol. The standard InChI is InChI=1S/C24H21F2N3O6S2/c25-16-1-4-20(21(26)13-16)23(30)14-7-9-28(10-8-14)37(34,35)22-6-3-18(36-22)12-15-11-17(29(32)33)2-5-19(15)24(27)31/h1-6,11,13-14H,7-10,12H2,(H2,27,31). The number of hydrogen-bond acceptors (Lipinski definition) is 7. The van der Waals surface area contributed by atoms with E-state index < -0.39 is 44.2 Å². The molecule has 2 aromatic carbocycles. The van der Waals surface area contributed by atoms with Crippen LogP contribution in [-0.4, -0.2) is 42.4 Å². The largest absolute Gasteiger partial charge is 0.366 e. The molecule has 0 spiro atoms. The number of carbonyl (C=O) groups excluding carboxylic acids is 2. The van der Waals surface area contributed by atoms with E-state index in [9.17, 15) is 36.9 Å². The van der Waals surface area contributed by atoms with Gasteiger partial charge >= 0.3 is 0 Å². The fourth-order valence-electron chi connectivity index (χ4n) is 4.25. The molecule has 1 fully saturated rings. The lowest BCUT2D eigenvalue weighted by Gasteiger charge is -2.30. The number of amides is 1. The van der Waals surface area contributed by atoms with Gasteiger partial charge in [0.05, 0.1) is 10.5 Å². The van der Waals surface area contributed by atoms with E-state index in [1.165, 1.54) is 28.6 Å². The summed E-state index contributed by atoms with van der Waals surface area (Å²) in [6.45, 7) is 0.0942. The smallest absolute Gasteiger partial charge is 0.269 e. The number of nitro benzene ring substituents is 1. The first-order valence-electron chi connectivity index (χ1n) is 11.1. The van der Waals surface area contributed by atoms with Gasteiger partial charge in [0, 0.05) is 54.1 Å². The Balaban J connectivity index is 1.47. The van der Waals surface area contributed by atoms with Crippen LogP contribution >= 0.6 is 11.3 Å². The Morgan fingerprint density at radius 1 is 1.05 bits per heavy atom. The molecule has 0 bridgehead atoms. The first kappa shape index (κ1) is 26.5. The maximum Gasteiger partial charge on any atom is 0.269 e. The van der Waals surface area contributed by atoms with Crippen molar-refractivity contribution in [1.82, 2.24) is 4.31 Å². The molecule has 0 saturated carbocycles. The average Bonchev–Trinajstić information content (AvgIpc) is 3.33. The number of halogens is 2. The summed E-state index contributed by atoms with van der Waals surface area (Å²) in [5.41, 5.74) is 5.35. The van der Waals surface area contributed by atoms with Crippen LogP contribution in [0.2, 0.25) is 0 Å². The second kappa shape index (κ2) is 10.4. The highest BCUT2D eigenvalue weighted by molar-refractivity contribution is 7.91. The Morgan fingerprint density at radius 3 is 2.35 bits per heavy atom. The van der Waals surface area contributed by atoms with Crippen molar-refractivity contribution < 1.29 is 31.7 Å². The summed E-state index contributed by atoms with van der Waals surface area (Å²) in [7, 11) is -3.89. The van der Waals surface area contributed by atoms with Crippen molar-refractivity contribution in [2.75, 3.05) is 13.1 Å². The van der Waals surface area contributed by atoms with Crippen molar-refractivity contribution >= 4 is 38.7 Å². The fourth-order valence-corrected chi connectivity index (χ4v) is 7.26. The number of non-ortho nitro benzene ring substituents is 1. The number of Topliss-reactive ketones (excluding diaryl/α,β-unsaturated/α-hetero) is 1. The van der Waals surface area contributed by atoms with Crippen molar-refractivity contribution in [1.29, 1.82) is 0 Å². The molecule has 1 aliphatic rings. The maximum absolute atomic E-state index is 14.0. The van der Waals surface area contributed by atoms with E-state index in [4.69, 9.17) is 5.73 Å². The number of benzene rings is 2. The van der Waals surface area contributed by atoms with E-state index in [1.807, 2.05) is 0 Å². The van der Waals surface area contributed by atoms with Gasteiger partial charge in [-0.25, -0.2) is 17.2 Å². The van der Waals surface area contributed by atoms with E-state index in [0.717, 1.165) is 23.5 Å². The minimum atomic E-state index is -3.89. The lowest BCUT2D eigenvalue weighted by molar-refractivity contribution is -0.384. The second-order valence-electron chi connectivity index (χ2n) is 8.53. The highest BCUT2D eigenvalue weighted by Gasteiger charge is 2.34. The average molecular weight is 550 g/mol. The number of hydrogen-bond donors (Lipinski definition) is 1. The van der Waals surface area contributed by atoms with E-state index in [-0.39, 0.29) is 53.4 Å². The Bertz CT molecular complexity index is 1500. The quantitative estimate of drug-likeness (QED) is 0.257. The van der Waals surface area contributed by atoms with E-state index >= 15 is 0 Å². The highest BCUT2D eigenvalue weighted by atomic mass is 32.2. The van der Waals surface area contributed by atoms with Gasteiger partial charge in [-0.2, -0.15) is 4.31 Å². The van der Waals surface area contributed by atoms with E-state index in [2.05, 4.69) is 0 Å². The summed E-state index contributed by atoms with van der Waals surface area (Å²) in [6, 6.07) is 9.40. The molecule has 2 N–H and O–H groups in total. The Morgan fingerprint density at radius 2 is 1.73 bits per heavy atom. The van der Waals surface area contributed by atoms with Crippen molar-refractivity contribution in [3.05, 3.63) is 91.8 Å². The molecule has 4 rings (SSSR count). The topological polar surface area (TPSA) is 141 Å². The summed E-state index contributed by atoms with van der Waals surface area (Å²) in [5.74, 6) is -3.58. The number of nitrogens with two attached hydrogens (primary N) is 1. The van der Waals surface area contributed by atoms with Gasteiger partial charge < -0.3 is 5.73 Å². The van der Waals surface area contributed by atoms with Gasteiger partial charge in [-0.1, -0.05) is 0 Å². The molecule has 194 valence electrons. The van der Waals surface area contributed by atoms with Crippen LogP contribution in [0.15, 0.2) is 52.7 Å². The molecule has 3 aromatic rings. The SMILES string of the molecule is NC(=O)c1ccc([N+](=O)[O-])cc1Cc1ccc(S(=O)(=O)N2CCC(C(=O)c3ccc(F)cc3F)CC2)s1. The van der Waals surface area contributed by atoms with Crippen LogP contribution in [0.25, 0.3) is 0 Å². The Labute approximate surface area is 214 Å². The fraction of sp³-hybridized carbons (Fsp3) is 0.250. The van der Waals surface area contributed by atoms with Crippen molar-refractivity contribution in [2.24, 2.45) is 11.7 Å². The van der Waals surface area contributed by atoms with E-state index in [1.54, 1.807) is 6.07 Å². The van der Waals surface area contributed by atoms with Gasteiger partial charge in [0.25, 0.3) is 15.7 Å². The lowest BCUT2D eigenvalue weighted by Crippen LogP contribution is -2.40. The van der Waals surface area contributed by atoms with E-state index in [0.29, 0.717) is 16.5 Å². The molecule has 37 heavy (non-hydrogen) atoms. The highest BCUT2D eigenvalue weighted by Crippen LogP contribution is 2.32. The van der Waals surface area contributed by atoms with Gasteiger partial charge in [-0.05, 0) is 48.7 Å². The second-order valence-corrected chi connectivity index (χ2v) is 11.9. The van der Waals surface area contributed by atoms with Crippen molar-refractivity contribution in [3.8, 4) is 0 Å². The molecule has 2 heterocycles. The number of thiophene rings is 1. The third-order valence-electron chi connectivity index (χ3n) is 6.18. The molecule has 1 aromatic heterocycles. The van der Waals surface area contributed by atoms with Crippen LogP contribution < -0.4 is 5.73 Å². The summed E-state index contributed by atoms with van der Waals surface area (Å²) >= 11 is 0.967. The molecule has 0 aliphatic carbocycles. The van der Waals surface area contributed by atoms with Crippen LogP contribution in [0.1, 0.15) is 44.0 Å². The lowest BCUT2D eigenvalue weighted by atomic mass is 9.89. The predicted molar refractivity (Wildman–Crippen MR) is 131 cm³/mol. The zero-order valence-corrected chi connectivity index (χ0v) is 20.9. The molecular weight excluding hydrogens is 528 g/mol. The zero-order valence-electron chi connectivity index (χ0n) is 19.2. The van der Waals surface area contributed by atoms with Gasteiger partial charge in [0.1, 0.15) is 15.8 Å². The number of nitrogens with zero attached hydrogens (tertiary/aromatic N) is 2. The number of piperidine rings is 1. The number of rotatable bonds is 8. The molecular formula is C24H21F2N3O6S2. The molecule has 9 nitrogen and oxygen atoms in total. The first-order valence-corrected chi connectivity index (χ1v) is 13.4. The minimum absolute atomic E-state index is 0.0444. The number of nitro groups is 1.